The summed E-state index contributed by atoms with van der Waals surface area (Å²) in [6.07, 6.45) is -5.36. The van der Waals surface area contributed by atoms with Crippen LogP contribution in [-0.2, 0) is 0 Å². The predicted molar refractivity (Wildman–Crippen MR) is 60.4 cm³/mol. The number of hydrogen-bond donors (Lipinski definition) is 2. The van der Waals surface area contributed by atoms with Gasteiger partial charge in [0.05, 0.1) is 18.7 Å². The van der Waals surface area contributed by atoms with Gasteiger partial charge in [0.2, 0.25) is 0 Å². The van der Waals surface area contributed by atoms with Gasteiger partial charge in [-0.1, -0.05) is 0 Å². The normalized spacial score (nSPS) is 11.1. The molecule has 100 valence electrons. The summed E-state index contributed by atoms with van der Waals surface area (Å²) in [6, 6.07) is 4.18. The molecule has 0 spiro atoms. The van der Waals surface area contributed by atoms with Crippen LogP contribution in [-0.4, -0.2) is 25.7 Å². The van der Waals surface area contributed by atoms with E-state index >= 15 is 0 Å². The van der Waals surface area contributed by atoms with E-state index in [-0.39, 0.29) is 22.9 Å². The Morgan fingerprint density at radius 2 is 2.11 bits per heavy atom. The molecule has 0 radical (unpaired) electrons. The summed E-state index contributed by atoms with van der Waals surface area (Å²) in [7, 11) is 1.45. The van der Waals surface area contributed by atoms with Crippen LogP contribution in [0, 0.1) is 0 Å². The summed E-state index contributed by atoms with van der Waals surface area (Å²) in [4.78, 5) is 11.3. The molecule has 0 saturated heterocycles. The van der Waals surface area contributed by atoms with Gasteiger partial charge in [0.15, 0.2) is 0 Å². The minimum absolute atomic E-state index is 0.0698. The Kier molecular flexibility index (Phi) is 4.41. The molecule has 0 fully saturated rings. The fourth-order valence-electron chi connectivity index (χ4n) is 1.22. The van der Waals surface area contributed by atoms with Crippen molar-refractivity contribution >= 4 is 11.6 Å². The van der Waals surface area contributed by atoms with Crippen molar-refractivity contribution < 1.29 is 22.7 Å². The number of alkyl halides is 3. The van der Waals surface area contributed by atoms with E-state index in [2.05, 4.69) is 5.32 Å². The van der Waals surface area contributed by atoms with E-state index in [1.165, 1.54) is 25.2 Å². The second-order valence-corrected chi connectivity index (χ2v) is 3.55. The summed E-state index contributed by atoms with van der Waals surface area (Å²) in [6.45, 7) is -0.537. The molecule has 1 aromatic carbocycles. The topological polar surface area (TPSA) is 64.4 Å². The van der Waals surface area contributed by atoms with Gasteiger partial charge in [0, 0.05) is 12.6 Å². The zero-order valence-electron chi connectivity index (χ0n) is 9.67. The second-order valence-electron chi connectivity index (χ2n) is 3.55. The van der Waals surface area contributed by atoms with Crippen molar-refractivity contribution in [1.29, 1.82) is 0 Å². The first kappa shape index (κ1) is 14.1. The highest BCUT2D eigenvalue weighted by atomic mass is 19.4. The Hall–Kier alpha value is -1.92. The number of halogens is 3. The highest BCUT2D eigenvalue weighted by Gasteiger charge is 2.27. The molecule has 0 bridgehead atoms. The van der Waals surface area contributed by atoms with Gasteiger partial charge in [-0.05, 0) is 18.2 Å². The van der Waals surface area contributed by atoms with Crippen LogP contribution in [0.2, 0.25) is 0 Å². The van der Waals surface area contributed by atoms with Gasteiger partial charge in [-0.25, -0.2) is 0 Å². The van der Waals surface area contributed by atoms with Crippen molar-refractivity contribution in [2.75, 3.05) is 19.4 Å². The number of benzene rings is 1. The SMILES string of the molecule is CNC(=O)c1ccc(N)c(OCCC(F)(F)F)c1. The minimum atomic E-state index is -4.28. The lowest BCUT2D eigenvalue weighted by Gasteiger charge is -2.11. The van der Waals surface area contributed by atoms with Crippen molar-refractivity contribution in [2.24, 2.45) is 0 Å². The van der Waals surface area contributed by atoms with E-state index < -0.39 is 19.2 Å². The third kappa shape index (κ3) is 4.15. The number of nitrogens with two attached hydrogens (primary N) is 1. The van der Waals surface area contributed by atoms with Gasteiger partial charge in [0.25, 0.3) is 5.91 Å². The summed E-state index contributed by atoms with van der Waals surface area (Å²) >= 11 is 0. The summed E-state index contributed by atoms with van der Waals surface area (Å²) in [5.41, 5.74) is 6.00. The predicted octanol–water partition coefficient (Wildman–Crippen LogP) is 1.96. The second kappa shape index (κ2) is 5.61. The Morgan fingerprint density at radius 1 is 1.44 bits per heavy atom. The van der Waals surface area contributed by atoms with E-state index in [9.17, 15) is 18.0 Å². The van der Waals surface area contributed by atoms with Crippen molar-refractivity contribution in [1.82, 2.24) is 5.32 Å². The molecule has 0 saturated carbocycles. The average Bonchev–Trinajstić information content (AvgIpc) is 2.29. The van der Waals surface area contributed by atoms with Crippen LogP contribution < -0.4 is 15.8 Å². The molecule has 1 aromatic rings. The minimum Gasteiger partial charge on any atom is -0.491 e. The zero-order valence-corrected chi connectivity index (χ0v) is 9.67. The lowest BCUT2D eigenvalue weighted by atomic mass is 10.2. The van der Waals surface area contributed by atoms with E-state index in [0.29, 0.717) is 0 Å². The number of nitrogens with one attached hydrogen (secondary N) is 1. The molecule has 0 aromatic heterocycles. The standard InChI is InChI=1S/C11H13F3N2O2/c1-16-10(17)7-2-3-8(15)9(6-7)18-5-4-11(12,13)14/h2-3,6H,4-5,15H2,1H3,(H,16,17). The van der Waals surface area contributed by atoms with Crippen LogP contribution in [0.15, 0.2) is 18.2 Å². The van der Waals surface area contributed by atoms with Gasteiger partial charge < -0.3 is 15.8 Å². The van der Waals surface area contributed by atoms with Gasteiger partial charge >= 0.3 is 6.18 Å². The van der Waals surface area contributed by atoms with Crippen LogP contribution in [0.3, 0.4) is 0 Å². The molecule has 0 heterocycles. The maximum absolute atomic E-state index is 11.9. The van der Waals surface area contributed by atoms with Gasteiger partial charge in [-0.15, -0.1) is 0 Å². The summed E-state index contributed by atoms with van der Waals surface area (Å²) in [5.74, 6) is -0.295. The van der Waals surface area contributed by atoms with Crippen LogP contribution in [0.1, 0.15) is 16.8 Å². The fourth-order valence-corrected chi connectivity index (χ4v) is 1.22. The Morgan fingerprint density at radius 3 is 2.67 bits per heavy atom. The molecule has 3 N–H and O–H groups in total. The molecule has 0 unspecified atom stereocenters. The lowest BCUT2D eigenvalue weighted by molar-refractivity contribution is -0.139. The Labute approximate surface area is 102 Å². The van der Waals surface area contributed by atoms with Crippen LogP contribution in [0.25, 0.3) is 0 Å². The maximum Gasteiger partial charge on any atom is 0.392 e. The monoisotopic (exact) mass is 262 g/mol. The first-order chi connectivity index (χ1) is 8.33. The number of hydrogen-bond acceptors (Lipinski definition) is 3. The van der Waals surface area contributed by atoms with Crippen LogP contribution >= 0.6 is 0 Å². The van der Waals surface area contributed by atoms with Crippen molar-refractivity contribution in [3.05, 3.63) is 23.8 Å². The van der Waals surface area contributed by atoms with Crippen molar-refractivity contribution in [3.8, 4) is 5.75 Å². The third-order valence-corrected chi connectivity index (χ3v) is 2.15. The number of anilines is 1. The average molecular weight is 262 g/mol. The molecule has 1 rings (SSSR count). The van der Waals surface area contributed by atoms with Crippen molar-refractivity contribution in [2.45, 2.75) is 12.6 Å². The number of ether oxygens (including phenoxy) is 1. The van der Waals surface area contributed by atoms with Gasteiger partial charge in [-0.2, -0.15) is 13.2 Å². The third-order valence-electron chi connectivity index (χ3n) is 2.15. The summed E-state index contributed by atoms with van der Waals surface area (Å²) < 4.78 is 40.8. The molecule has 0 aliphatic carbocycles. The molecule has 7 heteroatoms. The van der Waals surface area contributed by atoms with E-state index in [0.717, 1.165) is 0 Å². The number of carbonyl (C=O) groups is 1. The van der Waals surface area contributed by atoms with E-state index in [1.54, 1.807) is 0 Å². The van der Waals surface area contributed by atoms with Gasteiger partial charge in [-0.3, -0.25) is 4.79 Å². The number of carbonyl (C=O) groups excluding carboxylic acids is 1. The molecular formula is C11H13F3N2O2. The number of nitrogen functional groups attached to an aromatic ring is 1. The van der Waals surface area contributed by atoms with Gasteiger partial charge in [0.1, 0.15) is 5.75 Å². The Balaban J connectivity index is 2.73. The maximum atomic E-state index is 11.9. The molecule has 18 heavy (non-hydrogen) atoms. The quantitative estimate of drug-likeness (QED) is 0.815. The number of rotatable bonds is 4. The molecule has 0 atom stereocenters. The fraction of sp³-hybridized carbons (Fsp3) is 0.364. The Bertz CT molecular complexity index is 433. The molecular weight excluding hydrogens is 249 g/mol. The molecule has 0 aliphatic heterocycles. The first-order valence-electron chi connectivity index (χ1n) is 5.14. The smallest absolute Gasteiger partial charge is 0.392 e. The highest BCUT2D eigenvalue weighted by molar-refractivity contribution is 5.95. The largest absolute Gasteiger partial charge is 0.491 e. The molecule has 4 nitrogen and oxygen atoms in total. The lowest BCUT2D eigenvalue weighted by Crippen LogP contribution is -2.18. The van der Waals surface area contributed by atoms with Crippen LogP contribution in [0.5, 0.6) is 5.75 Å². The number of amides is 1. The molecule has 1 amide bonds. The molecule has 0 aliphatic rings. The van der Waals surface area contributed by atoms with Crippen molar-refractivity contribution in [3.63, 3.8) is 0 Å². The van der Waals surface area contributed by atoms with E-state index in [4.69, 9.17) is 10.5 Å². The first-order valence-corrected chi connectivity index (χ1v) is 5.14. The van der Waals surface area contributed by atoms with E-state index in [1.807, 2.05) is 0 Å². The van der Waals surface area contributed by atoms with Crippen LogP contribution in [0.4, 0.5) is 18.9 Å². The zero-order chi connectivity index (χ0) is 13.8. The highest BCUT2D eigenvalue weighted by Crippen LogP contribution is 2.25. The summed E-state index contributed by atoms with van der Waals surface area (Å²) in [5, 5.41) is 2.39.